The molecule has 0 unspecified atom stereocenters. The minimum Gasteiger partial charge on any atom is -0.382 e. The van der Waals surface area contributed by atoms with Crippen molar-refractivity contribution in [1.29, 1.82) is 0 Å². The first-order chi connectivity index (χ1) is 8.99. The van der Waals surface area contributed by atoms with Gasteiger partial charge >= 0.3 is 0 Å². The van der Waals surface area contributed by atoms with Crippen molar-refractivity contribution in [3.63, 3.8) is 0 Å². The first-order valence-corrected chi connectivity index (χ1v) is 7.84. The Bertz CT molecular complexity index is 377. The van der Waals surface area contributed by atoms with E-state index in [9.17, 15) is 0 Å². The number of hydrogen-bond donors (Lipinski definition) is 1. The van der Waals surface area contributed by atoms with Crippen molar-refractivity contribution in [3.8, 4) is 0 Å². The van der Waals surface area contributed by atoms with E-state index in [4.69, 9.17) is 0 Å². The van der Waals surface area contributed by atoms with Gasteiger partial charge in [-0.3, -0.25) is 0 Å². The summed E-state index contributed by atoms with van der Waals surface area (Å²) in [5.41, 5.74) is 3.19. The van der Waals surface area contributed by atoms with Gasteiger partial charge in [0.25, 0.3) is 0 Å². The molecule has 1 fully saturated rings. The Morgan fingerprint density at radius 2 is 1.58 bits per heavy atom. The fourth-order valence-corrected chi connectivity index (χ4v) is 3.18. The number of anilines is 1. The summed E-state index contributed by atoms with van der Waals surface area (Å²) in [5.74, 6) is 0.896. The minimum absolute atomic E-state index is 0.480. The van der Waals surface area contributed by atoms with E-state index in [2.05, 4.69) is 57.3 Å². The summed E-state index contributed by atoms with van der Waals surface area (Å²) in [6, 6.07) is 9.61. The van der Waals surface area contributed by atoms with Crippen molar-refractivity contribution in [1.82, 2.24) is 0 Å². The van der Waals surface area contributed by atoms with Gasteiger partial charge < -0.3 is 5.32 Å². The first kappa shape index (κ1) is 14.4. The van der Waals surface area contributed by atoms with E-state index in [0.717, 1.165) is 12.3 Å². The minimum atomic E-state index is 0.480. The summed E-state index contributed by atoms with van der Waals surface area (Å²) in [4.78, 5) is 0. The third kappa shape index (κ3) is 3.99. The number of aryl methyl sites for hydroxylation is 1. The fraction of sp³-hybridized carbons (Fsp3) is 0.667. The predicted octanol–water partition coefficient (Wildman–Crippen LogP) is 5.27. The van der Waals surface area contributed by atoms with Crippen LogP contribution in [0.2, 0.25) is 0 Å². The zero-order chi connectivity index (χ0) is 13.9. The van der Waals surface area contributed by atoms with Crippen LogP contribution in [0.1, 0.15) is 58.9 Å². The van der Waals surface area contributed by atoms with Crippen LogP contribution in [0.25, 0.3) is 0 Å². The Hall–Kier alpha value is -0.980. The summed E-state index contributed by atoms with van der Waals surface area (Å²) in [6.07, 6.45) is 6.49. The Balaban J connectivity index is 1.85. The van der Waals surface area contributed by atoms with Crippen LogP contribution in [-0.4, -0.2) is 6.04 Å². The van der Waals surface area contributed by atoms with Gasteiger partial charge in [0.15, 0.2) is 0 Å². The Kier molecular flexibility index (Phi) is 4.54. The second-order valence-corrected chi connectivity index (χ2v) is 7.11. The molecule has 0 heterocycles. The van der Waals surface area contributed by atoms with Crippen LogP contribution in [-0.2, 0) is 6.42 Å². The molecule has 2 rings (SSSR count). The van der Waals surface area contributed by atoms with Gasteiger partial charge in [-0.15, -0.1) is 0 Å². The van der Waals surface area contributed by atoms with Gasteiger partial charge in [0.05, 0.1) is 0 Å². The van der Waals surface area contributed by atoms with Crippen LogP contribution in [0.4, 0.5) is 5.69 Å². The van der Waals surface area contributed by atoms with E-state index in [0.29, 0.717) is 11.5 Å². The van der Waals surface area contributed by atoms with Gasteiger partial charge in [-0.25, -0.2) is 0 Å². The molecule has 1 aliphatic rings. The molecule has 0 aliphatic heterocycles. The quantitative estimate of drug-likeness (QED) is 0.780. The molecule has 1 saturated carbocycles. The highest BCUT2D eigenvalue weighted by Crippen LogP contribution is 2.38. The van der Waals surface area contributed by atoms with Gasteiger partial charge in [-0.05, 0) is 61.1 Å². The van der Waals surface area contributed by atoms with Crippen molar-refractivity contribution in [2.45, 2.75) is 65.8 Å². The average Bonchev–Trinajstić information content (AvgIpc) is 2.39. The van der Waals surface area contributed by atoms with E-state index in [1.807, 2.05) is 0 Å². The van der Waals surface area contributed by atoms with Gasteiger partial charge in [0.1, 0.15) is 0 Å². The molecule has 1 nitrogen and oxygen atoms in total. The van der Waals surface area contributed by atoms with E-state index < -0.39 is 0 Å². The zero-order valence-electron chi connectivity index (χ0n) is 13.0. The summed E-state index contributed by atoms with van der Waals surface area (Å²) >= 11 is 0. The normalized spacial score (nSPS) is 24.2. The molecule has 1 heteroatoms. The molecular weight excluding hydrogens is 230 g/mol. The fourth-order valence-electron chi connectivity index (χ4n) is 3.18. The van der Waals surface area contributed by atoms with Crippen LogP contribution in [0, 0.1) is 11.3 Å². The highest BCUT2D eigenvalue weighted by molar-refractivity contribution is 5.45. The van der Waals surface area contributed by atoms with Crippen LogP contribution in [0.5, 0.6) is 0 Å². The van der Waals surface area contributed by atoms with Crippen molar-refractivity contribution >= 4 is 5.69 Å². The van der Waals surface area contributed by atoms with Crippen molar-refractivity contribution in [3.05, 3.63) is 29.8 Å². The Morgan fingerprint density at radius 1 is 1.00 bits per heavy atom. The maximum atomic E-state index is 3.70. The summed E-state index contributed by atoms with van der Waals surface area (Å²) in [5, 5.41) is 3.70. The van der Waals surface area contributed by atoms with Gasteiger partial charge in [-0.2, -0.15) is 0 Å². The van der Waals surface area contributed by atoms with E-state index in [1.165, 1.54) is 36.9 Å². The highest BCUT2D eigenvalue weighted by atomic mass is 14.9. The second-order valence-electron chi connectivity index (χ2n) is 7.11. The molecule has 0 aromatic heterocycles. The highest BCUT2D eigenvalue weighted by Gasteiger charge is 2.29. The molecule has 0 atom stereocenters. The molecule has 106 valence electrons. The standard InChI is InChI=1S/C18H29N/c1-5-14-6-10-16(11-7-14)19-17-12-8-15(9-13-17)18(2,3)4/h6-7,10-11,15,17,19H,5,8-9,12-13H2,1-4H3. The molecule has 0 radical (unpaired) electrons. The Morgan fingerprint density at radius 3 is 2.05 bits per heavy atom. The summed E-state index contributed by atoms with van der Waals surface area (Å²) < 4.78 is 0. The number of hydrogen-bond acceptors (Lipinski definition) is 1. The van der Waals surface area contributed by atoms with E-state index in [-0.39, 0.29) is 0 Å². The lowest BCUT2D eigenvalue weighted by atomic mass is 9.71. The molecule has 19 heavy (non-hydrogen) atoms. The smallest absolute Gasteiger partial charge is 0.0342 e. The molecule has 0 bridgehead atoms. The lowest BCUT2D eigenvalue weighted by Crippen LogP contribution is -2.31. The maximum Gasteiger partial charge on any atom is 0.0342 e. The van der Waals surface area contributed by atoms with E-state index in [1.54, 1.807) is 0 Å². The molecule has 1 aromatic rings. The van der Waals surface area contributed by atoms with Crippen molar-refractivity contribution in [2.75, 3.05) is 5.32 Å². The SMILES string of the molecule is CCc1ccc(NC2CCC(C(C)(C)C)CC2)cc1. The molecule has 1 aromatic carbocycles. The monoisotopic (exact) mass is 259 g/mol. The second kappa shape index (κ2) is 5.98. The van der Waals surface area contributed by atoms with Crippen LogP contribution < -0.4 is 5.32 Å². The van der Waals surface area contributed by atoms with Crippen LogP contribution >= 0.6 is 0 Å². The van der Waals surface area contributed by atoms with Crippen LogP contribution in [0.15, 0.2) is 24.3 Å². The summed E-state index contributed by atoms with van der Waals surface area (Å²) in [7, 11) is 0. The molecule has 0 spiro atoms. The number of benzene rings is 1. The molecule has 0 amide bonds. The molecule has 1 aliphatic carbocycles. The van der Waals surface area contributed by atoms with Gasteiger partial charge in [-0.1, -0.05) is 39.8 Å². The van der Waals surface area contributed by atoms with Crippen LogP contribution in [0.3, 0.4) is 0 Å². The summed E-state index contributed by atoms with van der Waals surface area (Å²) in [6.45, 7) is 9.36. The maximum absolute atomic E-state index is 3.70. The molecular formula is C18H29N. The number of rotatable bonds is 3. The lowest BCUT2D eigenvalue weighted by Gasteiger charge is -2.37. The third-order valence-electron chi connectivity index (χ3n) is 4.68. The van der Waals surface area contributed by atoms with E-state index >= 15 is 0 Å². The zero-order valence-corrected chi connectivity index (χ0v) is 13.0. The largest absolute Gasteiger partial charge is 0.382 e. The molecule has 0 saturated heterocycles. The molecule has 1 N–H and O–H groups in total. The lowest BCUT2D eigenvalue weighted by molar-refractivity contribution is 0.173. The number of nitrogens with one attached hydrogen (secondary N) is 1. The third-order valence-corrected chi connectivity index (χ3v) is 4.68. The Labute approximate surface area is 118 Å². The predicted molar refractivity (Wildman–Crippen MR) is 84.6 cm³/mol. The van der Waals surface area contributed by atoms with Crippen molar-refractivity contribution in [2.24, 2.45) is 11.3 Å². The first-order valence-electron chi connectivity index (χ1n) is 7.84. The topological polar surface area (TPSA) is 12.0 Å². The van der Waals surface area contributed by atoms with Gasteiger partial charge in [0.2, 0.25) is 0 Å². The van der Waals surface area contributed by atoms with Crippen molar-refractivity contribution < 1.29 is 0 Å². The van der Waals surface area contributed by atoms with Gasteiger partial charge in [0, 0.05) is 11.7 Å². The average molecular weight is 259 g/mol.